The lowest BCUT2D eigenvalue weighted by atomic mass is 9.50. The fourth-order valence-corrected chi connectivity index (χ4v) is 5.37. The number of H-pyrrole nitrogens is 1. The van der Waals surface area contributed by atoms with E-state index in [-0.39, 0.29) is 6.04 Å². The molecule has 1 atom stereocenters. The molecule has 0 aliphatic heterocycles. The molecule has 1 heterocycles. The average Bonchev–Trinajstić information content (AvgIpc) is 2.76. The summed E-state index contributed by atoms with van der Waals surface area (Å²) in [6.45, 7) is 2.06. The highest BCUT2D eigenvalue weighted by Crippen LogP contribution is 2.60. The van der Waals surface area contributed by atoms with E-state index in [4.69, 9.17) is 5.73 Å². The van der Waals surface area contributed by atoms with Crippen molar-refractivity contribution in [1.29, 1.82) is 0 Å². The summed E-state index contributed by atoms with van der Waals surface area (Å²) in [6, 6.07) is 0.0830. The zero-order valence-electron chi connectivity index (χ0n) is 11.1. The third-order valence-electron chi connectivity index (χ3n) is 5.74. The molecule has 4 aliphatic carbocycles. The summed E-state index contributed by atoms with van der Waals surface area (Å²) in [5, 5.41) is 7.41. The first-order valence-corrected chi connectivity index (χ1v) is 7.51. The van der Waals surface area contributed by atoms with Gasteiger partial charge in [-0.2, -0.15) is 5.10 Å². The van der Waals surface area contributed by atoms with Gasteiger partial charge in [-0.15, -0.1) is 0 Å². The summed E-state index contributed by atoms with van der Waals surface area (Å²) in [7, 11) is 0. The average molecular weight is 245 g/mol. The number of nitrogens with one attached hydrogen (secondary N) is 1. The summed E-state index contributed by atoms with van der Waals surface area (Å²) in [5.41, 5.74) is 8.71. The van der Waals surface area contributed by atoms with Crippen molar-refractivity contribution >= 4 is 0 Å². The van der Waals surface area contributed by atoms with Crippen LogP contribution in [0.2, 0.25) is 0 Å². The van der Waals surface area contributed by atoms with E-state index in [9.17, 15) is 0 Å². The van der Waals surface area contributed by atoms with Crippen LogP contribution in [0.25, 0.3) is 0 Å². The second-order valence-electron chi connectivity index (χ2n) is 6.98. The number of hydrogen-bond acceptors (Lipinski definition) is 2. The van der Waals surface area contributed by atoms with Crippen LogP contribution in [0.4, 0.5) is 0 Å². The molecule has 0 amide bonds. The quantitative estimate of drug-likeness (QED) is 0.841. The van der Waals surface area contributed by atoms with Crippen molar-refractivity contribution in [2.45, 2.75) is 51.0 Å². The second-order valence-corrected chi connectivity index (χ2v) is 6.98. The lowest BCUT2D eigenvalue weighted by molar-refractivity contribution is -0.00312. The topological polar surface area (TPSA) is 54.7 Å². The van der Waals surface area contributed by atoms with Crippen LogP contribution in [-0.4, -0.2) is 10.2 Å². The molecule has 4 aliphatic rings. The minimum absolute atomic E-state index is 0.0830. The predicted molar refractivity (Wildman–Crippen MR) is 71.0 cm³/mol. The first kappa shape index (κ1) is 11.0. The number of aromatic amines is 1. The Morgan fingerprint density at radius 3 is 2.33 bits per heavy atom. The van der Waals surface area contributed by atoms with Crippen molar-refractivity contribution < 1.29 is 0 Å². The Morgan fingerprint density at radius 2 is 1.78 bits per heavy atom. The van der Waals surface area contributed by atoms with Gasteiger partial charge >= 0.3 is 0 Å². The zero-order chi connectivity index (χ0) is 12.3. The van der Waals surface area contributed by atoms with Crippen molar-refractivity contribution in [2.24, 2.45) is 29.4 Å². The molecule has 1 unspecified atom stereocenters. The molecular weight excluding hydrogens is 222 g/mol. The molecule has 0 radical (unpaired) electrons. The van der Waals surface area contributed by atoms with E-state index in [1.54, 1.807) is 0 Å². The van der Waals surface area contributed by atoms with Crippen LogP contribution in [0.5, 0.6) is 0 Å². The van der Waals surface area contributed by atoms with Crippen LogP contribution < -0.4 is 5.73 Å². The molecule has 18 heavy (non-hydrogen) atoms. The Kier molecular flexibility index (Phi) is 2.35. The molecule has 1 aromatic rings. The Balaban J connectivity index is 1.70. The van der Waals surface area contributed by atoms with Gasteiger partial charge in [-0.25, -0.2) is 0 Å². The monoisotopic (exact) mass is 245 g/mol. The smallest absolute Gasteiger partial charge is 0.0551 e. The van der Waals surface area contributed by atoms with E-state index in [0.717, 1.165) is 29.6 Å². The molecule has 5 rings (SSSR count). The maximum atomic E-state index is 6.08. The lowest BCUT2D eigenvalue weighted by Gasteiger charge is -2.54. The molecule has 98 valence electrons. The molecule has 0 aromatic carbocycles. The summed E-state index contributed by atoms with van der Waals surface area (Å²) in [6.07, 6.45) is 9.42. The first-order chi connectivity index (χ1) is 8.72. The molecule has 0 spiro atoms. The standard InChI is InChI=1S/C15H23N3/c1-8(16)15-13(7-17-18-15)14-11-3-9-2-10(5-11)6-12(14)4-9/h7-12,14H,2-6,16H2,1H3,(H,17,18). The van der Waals surface area contributed by atoms with Gasteiger partial charge in [0, 0.05) is 6.04 Å². The molecular formula is C15H23N3. The summed E-state index contributed by atoms with van der Waals surface area (Å²) in [5.74, 6) is 4.65. The zero-order valence-corrected chi connectivity index (χ0v) is 11.1. The Bertz CT molecular complexity index is 420. The highest BCUT2D eigenvalue weighted by atomic mass is 15.1. The van der Waals surface area contributed by atoms with Gasteiger partial charge in [0.2, 0.25) is 0 Å². The number of aromatic nitrogens is 2. The van der Waals surface area contributed by atoms with Crippen molar-refractivity contribution in [2.75, 3.05) is 0 Å². The van der Waals surface area contributed by atoms with Gasteiger partial charge in [0.05, 0.1) is 11.9 Å². The molecule has 3 N–H and O–H groups in total. The fraction of sp³-hybridized carbons (Fsp3) is 0.800. The summed E-state index contributed by atoms with van der Waals surface area (Å²) in [4.78, 5) is 0. The minimum Gasteiger partial charge on any atom is -0.323 e. The number of hydrogen-bond donors (Lipinski definition) is 2. The van der Waals surface area contributed by atoms with Gasteiger partial charge in [0.15, 0.2) is 0 Å². The van der Waals surface area contributed by atoms with Crippen molar-refractivity contribution in [3.05, 3.63) is 17.5 Å². The molecule has 4 fully saturated rings. The van der Waals surface area contributed by atoms with Gasteiger partial charge in [0.1, 0.15) is 0 Å². The van der Waals surface area contributed by atoms with Crippen LogP contribution in [0.15, 0.2) is 6.20 Å². The Labute approximate surface area is 109 Å². The number of nitrogens with two attached hydrogens (primary N) is 1. The SMILES string of the molecule is CC(N)c1[nH]ncc1C1C2CC3CC(C2)CC1C3. The maximum absolute atomic E-state index is 6.08. The van der Waals surface area contributed by atoms with E-state index in [1.165, 1.54) is 43.4 Å². The van der Waals surface area contributed by atoms with Gasteiger partial charge in [0.25, 0.3) is 0 Å². The van der Waals surface area contributed by atoms with E-state index in [0.29, 0.717) is 0 Å². The molecule has 0 saturated heterocycles. The van der Waals surface area contributed by atoms with Crippen LogP contribution in [0.1, 0.15) is 62.2 Å². The molecule has 3 nitrogen and oxygen atoms in total. The fourth-order valence-electron chi connectivity index (χ4n) is 5.37. The number of nitrogens with zero attached hydrogens (tertiary/aromatic N) is 1. The van der Waals surface area contributed by atoms with Crippen LogP contribution in [0.3, 0.4) is 0 Å². The normalized spacial score (nSPS) is 43.3. The van der Waals surface area contributed by atoms with Crippen LogP contribution in [0, 0.1) is 23.7 Å². The van der Waals surface area contributed by atoms with E-state index >= 15 is 0 Å². The van der Waals surface area contributed by atoms with E-state index in [2.05, 4.69) is 23.3 Å². The predicted octanol–water partition coefficient (Wildman–Crippen LogP) is 2.97. The number of rotatable bonds is 2. The molecule has 1 aromatic heterocycles. The highest BCUT2D eigenvalue weighted by Gasteiger charge is 2.49. The third-order valence-corrected chi connectivity index (χ3v) is 5.74. The van der Waals surface area contributed by atoms with Crippen molar-refractivity contribution in [3.63, 3.8) is 0 Å². The molecule has 3 heteroatoms. The largest absolute Gasteiger partial charge is 0.323 e. The maximum Gasteiger partial charge on any atom is 0.0551 e. The highest BCUT2D eigenvalue weighted by molar-refractivity contribution is 5.27. The second kappa shape index (κ2) is 3.83. The van der Waals surface area contributed by atoms with Crippen LogP contribution in [-0.2, 0) is 0 Å². The van der Waals surface area contributed by atoms with Gasteiger partial charge in [-0.3, -0.25) is 5.10 Å². The Hall–Kier alpha value is -0.830. The molecule has 4 saturated carbocycles. The molecule has 4 bridgehead atoms. The summed E-state index contributed by atoms with van der Waals surface area (Å²) < 4.78 is 0. The van der Waals surface area contributed by atoms with Crippen molar-refractivity contribution in [1.82, 2.24) is 10.2 Å². The van der Waals surface area contributed by atoms with E-state index in [1.807, 2.05) is 0 Å². The van der Waals surface area contributed by atoms with Crippen molar-refractivity contribution in [3.8, 4) is 0 Å². The van der Waals surface area contributed by atoms with E-state index < -0.39 is 0 Å². The van der Waals surface area contributed by atoms with Gasteiger partial charge in [-0.1, -0.05) is 0 Å². The lowest BCUT2D eigenvalue weighted by Crippen LogP contribution is -2.44. The third kappa shape index (κ3) is 1.49. The summed E-state index contributed by atoms with van der Waals surface area (Å²) >= 11 is 0. The minimum atomic E-state index is 0.0830. The van der Waals surface area contributed by atoms with Gasteiger partial charge in [-0.05, 0) is 74.2 Å². The van der Waals surface area contributed by atoms with Crippen LogP contribution >= 0.6 is 0 Å². The Morgan fingerprint density at radius 1 is 1.17 bits per heavy atom. The van der Waals surface area contributed by atoms with Gasteiger partial charge < -0.3 is 5.73 Å². The first-order valence-electron chi connectivity index (χ1n) is 7.51.